The van der Waals surface area contributed by atoms with E-state index in [0.29, 0.717) is 23.0 Å². The second-order valence-electron chi connectivity index (χ2n) is 5.36. The molecule has 2 aromatic rings. The molecule has 0 radical (unpaired) electrons. The van der Waals surface area contributed by atoms with Crippen LogP contribution in [-0.4, -0.2) is 32.4 Å². The summed E-state index contributed by atoms with van der Waals surface area (Å²) in [7, 11) is 3.14. The number of rotatable bonds is 7. The van der Waals surface area contributed by atoms with Gasteiger partial charge in [-0.1, -0.05) is 18.2 Å². The van der Waals surface area contributed by atoms with Crippen LogP contribution < -0.4 is 19.6 Å². The van der Waals surface area contributed by atoms with Crippen molar-refractivity contribution in [3.63, 3.8) is 0 Å². The van der Waals surface area contributed by atoms with Crippen molar-refractivity contribution < 1.29 is 19.0 Å². The van der Waals surface area contributed by atoms with Crippen LogP contribution in [0.25, 0.3) is 0 Å². The van der Waals surface area contributed by atoms with Gasteiger partial charge < -0.3 is 14.2 Å². The highest BCUT2D eigenvalue weighted by molar-refractivity contribution is 5.99. The summed E-state index contributed by atoms with van der Waals surface area (Å²) in [6.07, 6.45) is 0. The number of para-hydroxylation sites is 1. The van der Waals surface area contributed by atoms with Crippen LogP contribution >= 0.6 is 0 Å². The molecule has 0 atom stereocenters. The van der Waals surface area contributed by atoms with Crippen molar-refractivity contribution in [2.45, 2.75) is 13.8 Å². The van der Waals surface area contributed by atoms with E-state index in [1.165, 1.54) is 0 Å². The van der Waals surface area contributed by atoms with E-state index in [0.717, 1.165) is 11.1 Å². The number of ether oxygens (including phenoxy) is 3. The van der Waals surface area contributed by atoms with E-state index in [2.05, 4.69) is 10.5 Å². The summed E-state index contributed by atoms with van der Waals surface area (Å²) < 4.78 is 16.0. The Morgan fingerprint density at radius 3 is 2.44 bits per heavy atom. The molecule has 25 heavy (non-hydrogen) atoms. The van der Waals surface area contributed by atoms with Crippen LogP contribution in [0.4, 0.5) is 0 Å². The standard InChI is InChI=1S/C19H22N2O4/c1-13-7-5-6-8-16(13)25-12-19(22)21-20-14(2)15-9-10-17(23-3)18(11-15)24-4/h5-11H,12H2,1-4H3,(H,21,22)/b20-14-. The van der Waals surface area contributed by atoms with Crippen molar-refractivity contribution in [1.29, 1.82) is 0 Å². The Balaban J connectivity index is 1.96. The lowest BCUT2D eigenvalue weighted by molar-refractivity contribution is -0.123. The Bertz CT molecular complexity index is 772. The molecule has 0 saturated carbocycles. The Morgan fingerprint density at radius 2 is 1.76 bits per heavy atom. The van der Waals surface area contributed by atoms with Crippen molar-refractivity contribution in [2.75, 3.05) is 20.8 Å². The molecule has 2 aromatic carbocycles. The molecule has 0 aliphatic rings. The zero-order valence-electron chi connectivity index (χ0n) is 14.8. The van der Waals surface area contributed by atoms with Gasteiger partial charge in [-0.05, 0) is 43.7 Å². The number of benzene rings is 2. The summed E-state index contributed by atoms with van der Waals surface area (Å²) in [4.78, 5) is 11.9. The largest absolute Gasteiger partial charge is 0.493 e. The van der Waals surface area contributed by atoms with E-state index in [9.17, 15) is 4.79 Å². The van der Waals surface area contributed by atoms with Gasteiger partial charge in [0.15, 0.2) is 18.1 Å². The van der Waals surface area contributed by atoms with Crippen LogP contribution in [0, 0.1) is 6.92 Å². The lowest BCUT2D eigenvalue weighted by atomic mass is 10.1. The Labute approximate surface area is 147 Å². The Hall–Kier alpha value is -3.02. The SMILES string of the molecule is COc1ccc(/C(C)=N\NC(=O)COc2ccccc2C)cc1OC. The van der Waals surface area contributed by atoms with Gasteiger partial charge >= 0.3 is 0 Å². The highest BCUT2D eigenvalue weighted by Gasteiger charge is 2.08. The minimum absolute atomic E-state index is 0.104. The normalized spacial score (nSPS) is 11.0. The van der Waals surface area contributed by atoms with Gasteiger partial charge in [0.05, 0.1) is 19.9 Å². The maximum atomic E-state index is 11.9. The van der Waals surface area contributed by atoms with Gasteiger partial charge in [-0.2, -0.15) is 5.10 Å². The van der Waals surface area contributed by atoms with Gasteiger partial charge in [0.1, 0.15) is 5.75 Å². The van der Waals surface area contributed by atoms with Gasteiger partial charge in [0, 0.05) is 5.56 Å². The van der Waals surface area contributed by atoms with Crippen molar-refractivity contribution in [3.05, 3.63) is 53.6 Å². The highest BCUT2D eigenvalue weighted by atomic mass is 16.5. The lowest BCUT2D eigenvalue weighted by Gasteiger charge is -2.10. The number of hydrogen-bond acceptors (Lipinski definition) is 5. The number of nitrogens with one attached hydrogen (secondary N) is 1. The predicted molar refractivity (Wildman–Crippen MR) is 96.6 cm³/mol. The fourth-order valence-corrected chi connectivity index (χ4v) is 2.17. The average molecular weight is 342 g/mol. The van der Waals surface area contributed by atoms with Crippen LogP contribution in [0.5, 0.6) is 17.2 Å². The second-order valence-corrected chi connectivity index (χ2v) is 5.36. The fourth-order valence-electron chi connectivity index (χ4n) is 2.17. The monoisotopic (exact) mass is 342 g/mol. The third-order valence-corrected chi connectivity index (χ3v) is 3.60. The van der Waals surface area contributed by atoms with Crippen molar-refractivity contribution >= 4 is 11.6 Å². The lowest BCUT2D eigenvalue weighted by Crippen LogP contribution is -2.25. The maximum Gasteiger partial charge on any atom is 0.277 e. The van der Waals surface area contributed by atoms with E-state index in [1.807, 2.05) is 37.3 Å². The van der Waals surface area contributed by atoms with Crippen LogP contribution in [0.15, 0.2) is 47.6 Å². The first-order chi connectivity index (χ1) is 12.0. The van der Waals surface area contributed by atoms with Gasteiger partial charge in [-0.15, -0.1) is 0 Å². The molecule has 2 rings (SSSR count). The third kappa shape index (κ3) is 4.97. The van der Waals surface area contributed by atoms with Gasteiger partial charge in [-0.25, -0.2) is 5.43 Å². The summed E-state index contributed by atoms with van der Waals surface area (Å²) >= 11 is 0. The molecule has 6 heteroatoms. The van der Waals surface area contributed by atoms with Gasteiger partial charge in [0.2, 0.25) is 0 Å². The van der Waals surface area contributed by atoms with Crippen molar-refractivity contribution in [2.24, 2.45) is 5.10 Å². The third-order valence-electron chi connectivity index (χ3n) is 3.60. The zero-order chi connectivity index (χ0) is 18.2. The molecular weight excluding hydrogens is 320 g/mol. The summed E-state index contributed by atoms with van der Waals surface area (Å²) in [5, 5.41) is 4.10. The first kappa shape index (κ1) is 18.3. The van der Waals surface area contributed by atoms with E-state index < -0.39 is 0 Å². The summed E-state index contributed by atoms with van der Waals surface area (Å²) in [6, 6.07) is 13.0. The molecule has 0 fully saturated rings. The highest BCUT2D eigenvalue weighted by Crippen LogP contribution is 2.27. The predicted octanol–water partition coefficient (Wildman–Crippen LogP) is 2.93. The van der Waals surface area contributed by atoms with E-state index in [4.69, 9.17) is 14.2 Å². The van der Waals surface area contributed by atoms with Gasteiger partial charge in [0.25, 0.3) is 5.91 Å². The number of hydrazone groups is 1. The Kier molecular flexibility index (Phi) is 6.39. The van der Waals surface area contributed by atoms with Crippen LogP contribution in [0.2, 0.25) is 0 Å². The summed E-state index contributed by atoms with van der Waals surface area (Å²) in [6.45, 7) is 3.61. The number of methoxy groups -OCH3 is 2. The molecule has 0 heterocycles. The zero-order valence-corrected chi connectivity index (χ0v) is 14.8. The summed E-state index contributed by atoms with van der Waals surface area (Å²) in [5.74, 6) is 1.58. The van der Waals surface area contributed by atoms with Crippen LogP contribution in [-0.2, 0) is 4.79 Å². The molecular formula is C19H22N2O4. The van der Waals surface area contributed by atoms with Crippen molar-refractivity contribution in [3.8, 4) is 17.2 Å². The molecule has 0 saturated heterocycles. The second kappa shape index (κ2) is 8.73. The molecule has 6 nitrogen and oxygen atoms in total. The molecule has 0 unspecified atom stereocenters. The number of amides is 1. The first-order valence-electron chi connectivity index (χ1n) is 7.79. The molecule has 0 spiro atoms. The topological polar surface area (TPSA) is 69.2 Å². The molecule has 0 bridgehead atoms. The molecule has 0 aliphatic heterocycles. The van der Waals surface area contributed by atoms with E-state index in [1.54, 1.807) is 33.3 Å². The van der Waals surface area contributed by atoms with Crippen LogP contribution in [0.1, 0.15) is 18.1 Å². The summed E-state index contributed by atoms with van der Waals surface area (Å²) in [5.41, 5.74) is 4.92. The number of aryl methyl sites for hydroxylation is 1. The minimum atomic E-state index is -0.330. The smallest absolute Gasteiger partial charge is 0.277 e. The number of carbonyl (C=O) groups is 1. The van der Waals surface area contributed by atoms with E-state index in [-0.39, 0.29) is 12.5 Å². The molecule has 1 N–H and O–H groups in total. The first-order valence-corrected chi connectivity index (χ1v) is 7.79. The van der Waals surface area contributed by atoms with E-state index >= 15 is 0 Å². The molecule has 132 valence electrons. The Morgan fingerprint density at radius 1 is 1.04 bits per heavy atom. The fraction of sp³-hybridized carbons (Fsp3) is 0.263. The molecule has 0 aliphatic carbocycles. The minimum Gasteiger partial charge on any atom is -0.493 e. The quantitative estimate of drug-likeness (QED) is 0.620. The number of carbonyl (C=O) groups excluding carboxylic acids is 1. The molecule has 0 aromatic heterocycles. The number of nitrogens with zero attached hydrogens (tertiary/aromatic N) is 1. The number of hydrogen-bond donors (Lipinski definition) is 1. The average Bonchev–Trinajstić information content (AvgIpc) is 2.64. The maximum absolute atomic E-state index is 11.9. The molecule has 1 amide bonds. The van der Waals surface area contributed by atoms with Crippen molar-refractivity contribution in [1.82, 2.24) is 5.43 Å². The van der Waals surface area contributed by atoms with Crippen LogP contribution in [0.3, 0.4) is 0 Å². The van der Waals surface area contributed by atoms with Gasteiger partial charge in [-0.3, -0.25) is 4.79 Å².